The van der Waals surface area contributed by atoms with E-state index < -0.39 is 0 Å². The van der Waals surface area contributed by atoms with Crippen LogP contribution in [0.2, 0.25) is 0 Å². The van der Waals surface area contributed by atoms with Gasteiger partial charge < -0.3 is 14.7 Å². The van der Waals surface area contributed by atoms with Gasteiger partial charge in [-0.05, 0) is 29.8 Å². The van der Waals surface area contributed by atoms with Crippen molar-refractivity contribution < 1.29 is 14.2 Å². The van der Waals surface area contributed by atoms with Gasteiger partial charge in [-0.3, -0.25) is 0 Å². The van der Waals surface area contributed by atoms with E-state index in [4.69, 9.17) is 4.74 Å². The fourth-order valence-electron chi connectivity index (χ4n) is 2.19. The average Bonchev–Trinajstić information content (AvgIpc) is 2.47. The molecule has 106 valence electrons. The van der Waals surface area contributed by atoms with Crippen LogP contribution in [0.5, 0.6) is 5.75 Å². The van der Waals surface area contributed by atoms with Gasteiger partial charge in [-0.1, -0.05) is 18.2 Å². The summed E-state index contributed by atoms with van der Waals surface area (Å²) in [6, 6.07) is 12.5. The Morgan fingerprint density at radius 1 is 1.20 bits per heavy atom. The molecule has 0 aliphatic heterocycles. The molecule has 4 heteroatoms. The first kappa shape index (κ1) is 14.3. The number of nitrogens with zero attached hydrogens (tertiary/aromatic N) is 1. The first-order chi connectivity index (χ1) is 9.65. The van der Waals surface area contributed by atoms with Crippen molar-refractivity contribution in [3.63, 3.8) is 0 Å². The molecule has 0 fully saturated rings. The van der Waals surface area contributed by atoms with Crippen molar-refractivity contribution >= 4 is 5.69 Å². The van der Waals surface area contributed by atoms with E-state index in [0.29, 0.717) is 17.8 Å². The molecule has 0 aliphatic carbocycles. The number of anilines is 1. The van der Waals surface area contributed by atoms with Gasteiger partial charge in [0.25, 0.3) is 0 Å². The molecule has 0 unspecified atom stereocenters. The van der Waals surface area contributed by atoms with Crippen molar-refractivity contribution in [3.05, 3.63) is 59.4 Å². The molecule has 2 aromatic rings. The summed E-state index contributed by atoms with van der Waals surface area (Å²) in [5, 5.41) is 9.31. The summed E-state index contributed by atoms with van der Waals surface area (Å²) in [5.41, 5.74) is 2.06. The van der Waals surface area contributed by atoms with E-state index in [9.17, 15) is 9.50 Å². The Labute approximate surface area is 118 Å². The second kappa shape index (κ2) is 6.39. The maximum absolute atomic E-state index is 13.7. The van der Waals surface area contributed by atoms with Crippen LogP contribution >= 0.6 is 0 Å². The molecule has 0 spiro atoms. The second-order valence-corrected chi connectivity index (χ2v) is 4.60. The Morgan fingerprint density at radius 2 is 1.95 bits per heavy atom. The van der Waals surface area contributed by atoms with Crippen LogP contribution in [-0.2, 0) is 13.2 Å². The summed E-state index contributed by atoms with van der Waals surface area (Å²) in [4.78, 5) is 1.91. The molecule has 0 aliphatic rings. The maximum Gasteiger partial charge on any atom is 0.130 e. The van der Waals surface area contributed by atoms with Gasteiger partial charge in [-0.15, -0.1) is 0 Å². The Morgan fingerprint density at radius 3 is 2.65 bits per heavy atom. The summed E-state index contributed by atoms with van der Waals surface area (Å²) in [6.07, 6.45) is 0. The highest BCUT2D eigenvalue weighted by Crippen LogP contribution is 2.24. The number of methoxy groups -OCH3 is 1. The number of aliphatic hydroxyl groups excluding tert-OH is 1. The third-order valence-electron chi connectivity index (χ3n) is 3.22. The number of halogens is 1. The average molecular weight is 275 g/mol. The van der Waals surface area contributed by atoms with Crippen LogP contribution in [0.25, 0.3) is 0 Å². The molecule has 0 saturated carbocycles. The van der Waals surface area contributed by atoms with Crippen LogP contribution in [0, 0.1) is 5.82 Å². The van der Waals surface area contributed by atoms with Crippen LogP contribution in [0.3, 0.4) is 0 Å². The number of hydrogen-bond acceptors (Lipinski definition) is 3. The minimum absolute atomic E-state index is 0.315. The van der Waals surface area contributed by atoms with E-state index in [1.807, 2.05) is 36.2 Å². The molecule has 0 amide bonds. The number of hydrogen-bond donors (Lipinski definition) is 1. The highest BCUT2D eigenvalue weighted by atomic mass is 19.1. The molecule has 2 aromatic carbocycles. The fourth-order valence-corrected chi connectivity index (χ4v) is 2.19. The Hall–Kier alpha value is -2.07. The van der Waals surface area contributed by atoms with Gasteiger partial charge in [-0.25, -0.2) is 4.39 Å². The lowest BCUT2D eigenvalue weighted by Crippen LogP contribution is -2.18. The number of benzene rings is 2. The standard InChI is InChI=1S/C16H18FNO2/c1-18(10-12-5-3-6-13(9-12)20-2)16-8-4-7-15(17)14(16)11-19/h3-9,19H,10-11H2,1-2H3. The van der Waals surface area contributed by atoms with Crippen LogP contribution in [-0.4, -0.2) is 19.3 Å². The predicted octanol–water partition coefficient (Wildman–Crippen LogP) is 2.96. The Balaban J connectivity index is 2.23. The number of rotatable bonds is 5. The van der Waals surface area contributed by atoms with Crippen LogP contribution in [0.1, 0.15) is 11.1 Å². The molecular formula is C16H18FNO2. The minimum Gasteiger partial charge on any atom is -0.497 e. The summed E-state index contributed by atoms with van der Waals surface area (Å²) in [7, 11) is 3.49. The van der Waals surface area contributed by atoms with E-state index in [1.54, 1.807) is 19.2 Å². The van der Waals surface area contributed by atoms with Crippen molar-refractivity contribution in [1.82, 2.24) is 0 Å². The molecule has 0 aromatic heterocycles. The molecule has 1 N–H and O–H groups in total. The van der Waals surface area contributed by atoms with Crippen molar-refractivity contribution in [3.8, 4) is 5.75 Å². The normalized spacial score (nSPS) is 10.4. The van der Waals surface area contributed by atoms with Gasteiger partial charge in [0.1, 0.15) is 11.6 Å². The zero-order chi connectivity index (χ0) is 14.5. The predicted molar refractivity (Wildman–Crippen MR) is 77.4 cm³/mol. The van der Waals surface area contributed by atoms with Gasteiger partial charge in [0, 0.05) is 24.8 Å². The van der Waals surface area contributed by atoms with Crippen molar-refractivity contribution in [2.45, 2.75) is 13.2 Å². The van der Waals surface area contributed by atoms with Gasteiger partial charge in [0.15, 0.2) is 0 Å². The third-order valence-corrected chi connectivity index (χ3v) is 3.22. The molecule has 0 atom stereocenters. The molecule has 20 heavy (non-hydrogen) atoms. The summed E-state index contributed by atoms with van der Waals surface area (Å²) in [5.74, 6) is 0.403. The lowest BCUT2D eigenvalue weighted by molar-refractivity contribution is 0.276. The van der Waals surface area contributed by atoms with Crippen molar-refractivity contribution in [2.24, 2.45) is 0 Å². The number of ether oxygens (including phenoxy) is 1. The van der Waals surface area contributed by atoms with Crippen LogP contribution in [0.4, 0.5) is 10.1 Å². The van der Waals surface area contributed by atoms with E-state index in [2.05, 4.69) is 0 Å². The molecule has 0 radical (unpaired) electrons. The molecule has 0 saturated heterocycles. The molecule has 0 heterocycles. The monoisotopic (exact) mass is 275 g/mol. The smallest absolute Gasteiger partial charge is 0.130 e. The lowest BCUT2D eigenvalue weighted by Gasteiger charge is -2.22. The zero-order valence-corrected chi connectivity index (χ0v) is 11.6. The Kier molecular flexibility index (Phi) is 4.58. The topological polar surface area (TPSA) is 32.7 Å². The largest absolute Gasteiger partial charge is 0.497 e. The van der Waals surface area contributed by atoms with E-state index in [0.717, 1.165) is 11.3 Å². The SMILES string of the molecule is COc1cccc(CN(C)c2cccc(F)c2CO)c1. The van der Waals surface area contributed by atoms with Gasteiger partial charge in [0.2, 0.25) is 0 Å². The first-order valence-electron chi connectivity index (χ1n) is 6.38. The summed E-state index contributed by atoms with van der Waals surface area (Å²) >= 11 is 0. The maximum atomic E-state index is 13.7. The van der Waals surface area contributed by atoms with Crippen molar-refractivity contribution in [2.75, 3.05) is 19.1 Å². The Bertz CT molecular complexity index is 586. The van der Waals surface area contributed by atoms with Gasteiger partial charge in [-0.2, -0.15) is 0 Å². The van der Waals surface area contributed by atoms with Gasteiger partial charge >= 0.3 is 0 Å². The molecule has 0 bridgehead atoms. The second-order valence-electron chi connectivity index (χ2n) is 4.60. The van der Waals surface area contributed by atoms with Gasteiger partial charge in [0.05, 0.1) is 13.7 Å². The quantitative estimate of drug-likeness (QED) is 0.910. The van der Waals surface area contributed by atoms with Crippen LogP contribution < -0.4 is 9.64 Å². The first-order valence-corrected chi connectivity index (χ1v) is 6.38. The minimum atomic E-state index is -0.387. The van der Waals surface area contributed by atoms with Crippen LogP contribution in [0.15, 0.2) is 42.5 Å². The zero-order valence-electron chi connectivity index (χ0n) is 11.6. The number of aliphatic hydroxyl groups is 1. The van der Waals surface area contributed by atoms with E-state index in [-0.39, 0.29) is 12.4 Å². The van der Waals surface area contributed by atoms with E-state index in [1.165, 1.54) is 6.07 Å². The van der Waals surface area contributed by atoms with E-state index >= 15 is 0 Å². The highest BCUT2D eigenvalue weighted by molar-refractivity contribution is 5.54. The lowest BCUT2D eigenvalue weighted by atomic mass is 10.1. The fraction of sp³-hybridized carbons (Fsp3) is 0.250. The summed E-state index contributed by atoms with van der Waals surface area (Å²) in [6.45, 7) is 0.290. The molecular weight excluding hydrogens is 257 g/mol. The van der Waals surface area contributed by atoms with Crippen molar-refractivity contribution in [1.29, 1.82) is 0 Å². The molecule has 3 nitrogen and oxygen atoms in total. The third kappa shape index (κ3) is 3.08. The highest BCUT2D eigenvalue weighted by Gasteiger charge is 2.11. The molecule has 2 rings (SSSR count). The summed E-state index contributed by atoms with van der Waals surface area (Å²) < 4.78 is 18.8.